The number of rotatable bonds is 2. The van der Waals surface area contributed by atoms with Crippen LogP contribution in [0.1, 0.15) is 5.56 Å². The van der Waals surface area contributed by atoms with E-state index in [2.05, 4.69) is 4.98 Å². The van der Waals surface area contributed by atoms with Crippen LogP contribution in [0, 0.1) is 21.4 Å². The van der Waals surface area contributed by atoms with E-state index in [1.807, 2.05) is 0 Å². The lowest BCUT2D eigenvalue weighted by Gasteiger charge is -1.97. The Bertz CT molecular complexity index is 383. The average Bonchev–Trinajstić information content (AvgIpc) is 2.16. The molecule has 6 heteroatoms. The van der Waals surface area contributed by atoms with Crippen LogP contribution >= 0.6 is 0 Å². The van der Waals surface area contributed by atoms with Crippen molar-refractivity contribution in [3.63, 3.8) is 0 Å². The number of aromatic nitrogens is 1. The zero-order valence-corrected chi connectivity index (χ0v) is 6.72. The second-order valence-corrected chi connectivity index (χ2v) is 2.11. The summed E-state index contributed by atoms with van der Waals surface area (Å²) < 4.78 is 4.71. The fourth-order valence-electron chi connectivity index (χ4n) is 0.776. The van der Waals surface area contributed by atoms with Gasteiger partial charge in [0, 0.05) is 6.07 Å². The highest BCUT2D eigenvalue weighted by Gasteiger charge is 2.14. The summed E-state index contributed by atoms with van der Waals surface area (Å²) >= 11 is 0. The minimum atomic E-state index is -0.662. The van der Waals surface area contributed by atoms with E-state index in [0.717, 1.165) is 6.20 Å². The van der Waals surface area contributed by atoms with Crippen molar-refractivity contribution in [3.05, 3.63) is 27.9 Å². The topological polar surface area (TPSA) is 89.0 Å². The van der Waals surface area contributed by atoms with Crippen LogP contribution in [0.3, 0.4) is 0 Å². The number of methoxy groups -OCH3 is 1. The SMILES string of the molecule is COc1cc(C#N)c([N+](=O)[O-])cn1. The van der Waals surface area contributed by atoms with Crippen molar-refractivity contribution in [1.82, 2.24) is 4.98 Å². The highest BCUT2D eigenvalue weighted by molar-refractivity contribution is 5.48. The number of nitro groups is 1. The Balaban J connectivity index is 3.26. The highest BCUT2D eigenvalue weighted by Crippen LogP contribution is 2.19. The van der Waals surface area contributed by atoms with E-state index in [9.17, 15) is 10.1 Å². The summed E-state index contributed by atoms with van der Waals surface area (Å²) in [5.41, 5.74) is -0.375. The van der Waals surface area contributed by atoms with Crippen LogP contribution < -0.4 is 4.74 Å². The number of nitrogens with zero attached hydrogens (tertiary/aromatic N) is 3. The van der Waals surface area contributed by atoms with Crippen molar-refractivity contribution in [1.29, 1.82) is 5.26 Å². The lowest BCUT2D eigenvalue weighted by atomic mass is 10.2. The number of nitriles is 1. The zero-order valence-electron chi connectivity index (χ0n) is 6.72. The van der Waals surface area contributed by atoms with Gasteiger partial charge in [-0.1, -0.05) is 0 Å². The lowest BCUT2D eigenvalue weighted by molar-refractivity contribution is -0.385. The average molecular weight is 179 g/mol. The third-order valence-electron chi connectivity index (χ3n) is 1.38. The Hall–Kier alpha value is -2.16. The molecule has 0 aromatic carbocycles. The first kappa shape index (κ1) is 8.93. The van der Waals surface area contributed by atoms with Crippen LogP contribution in [0.4, 0.5) is 5.69 Å². The highest BCUT2D eigenvalue weighted by atomic mass is 16.6. The molecule has 0 fully saturated rings. The van der Waals surface area contributed by atoms with Gasteiger partial charge in [-0.2, -0.15) is 5.26 Å². The van der Waals surface area contributed by atoms with Crippen molar-refractivity contribution in [3.8, 4) is 11.9 Å². The molecule has 13 heavy (non-hydrogen) atoms. The molecule has 0 aliphatic carbocycles. The van der Waals surface area contributed by atoms with E-state index in [1.165, 1.54) is 13.2 Å². The van der Waals surface area contributed by atoms with E-state index in [0.29, 0.717) is 0 Å². The molecule has 0 radical (unpaired) electrons. The molecule has 1 heterocycles. The molecule has 66 valence electrons. The van der Waals surface area contributed by atoms with Crippen LogP contribution in [0.25, 0.3) is 0 Å². The Morgan fingerprint density at radius 2 is 2.46 bits per heavy atom. The molecule has 0 bridgehead atoms. The first-order valence-electron chi connectivity index (χ1n) is 3.27. The summed E-state index contributed by atoms with van der Waals surface area (Å²) in [4.78, 5) is 13.3. The quantitative estimate of drug-likeness (QED) is 0.496. The monoisotopic (exact) mass is 179 g/mol. The predicted molar refractivity (Wildman–Crippen MR) is 42.2 cm³/mol. The molecule has 0 saturated carbocycles. The zero-order chi connectivity index (χ0) is 9.84. The molecule has 0 atom stereocenters. The first-order chi connectivity index (χ1) is 6.19. The molecule has 6 nitrogen and oxygen atoms in total. The minimum absolute atomic E-state index is 0.0585. The van der Waals surface area contributed by atoms with Crippen molar-refractivity contribution in [2.75, 3.05) is 7.11 Å². The van der Waals surface area contributed by atoms with Crippen molar-refractivity contribution in [2.24, 2.45) is 0 Å². The van der Waals surface area contributed by atoms with Crippen LogP contribution in [0.2, 0.25) is 0 Å². The van der Waals surface area contributed by atoms with Gasteiger partial charge in [-0.3, -0.25) is 10.1 Å². The van der Waals surface area contributed by atoms with Crippen LogP contribution in [-0.2, 0) is 0 Å². The van der Waals surface area contributed by atoms with E-state index in [-0.39, 0.29) is 17.1 Å². The lowest BCUT2D eigenvalue weighted by Crippen LogP contribution is -1.95. The second kappa shape index (κ2) is 3.49. The van der Waals surface area contributed by atoms with Crippen molar-refractivity contribution in [2.45, 2.75) is 0 Å². The maximum atomic E-state index is 10.4. The Labute approximate surface area is 73.5 Å². The summed E-state index contributed by atoms with van der Waals surface area (Å²) in [5.74, 6) is 0.183. The Kier molecular flexibility index (Phi) is 2.40. The molecule has 0 aliphatic rings. The van der Waals surface area contributed by atoms with E-state index in [1.54, 1.807) is 6.07 Å². The van der Waals surface area contributed by atoms with Crippen molar-refractivity contribution >= 4 is 5.69 Å². The van der Waals surface area contributed by atoms with Gasteiger partial charge < -0.3 is 4.74 Å². The molecule has 0 unspecified atom stereocenters. The molecule has 1 aromatic rings. The van der Waals surface area contributed by atoms with Gasteiger partial charge in [0.2, 0.25) is 5.88 Å². The minimum Gasteiger partial charge on any atom is -0.481 e. The van der Waals surface area contributed by atoms with Gasteiger partial charge in [0.15, 0.2) is 0 Å². The third-order valence-corrected chi connectivity index (χ3v) is 1.38. The number of pyridine rings is 1. The molecule has 0 spiro atoms. The molecule has 1 rings (SSSR count). The second-order valence-electron chi connectivity index (χ2n) is 2.11. The molecule has 0 saturated heterocycles. The number of hydrogen-bond donors (Lipinski definition) is 0. The normalized spacial score (nSPS) is 8.92. The molecule has 0 amide bonds. The van der Waals surface area contributed by atoms with E-state index in [4.69, 9.17) is 10.00 Å². The van der Waals surface area contributed by atoms with Gasteiger partial charge >= 0.3 is 5.69 Å². The van der Waals surface area contributed by atoms with E-state index < -0.39 is 4.92 Å². The summed E-state index contributed by atoms with van der Waals surface area (Å²) in [6.45, 7) is 0. The van der Waals surface area contributed by atoms with Gasteiger partial charge in [-0.15, -0.1) is 0 Å². The predicted octanol–water partition coefficient (Wildman–Crippen LogP) is 0.870. The van der Waals surface area contributed by atoms with Gasteiger partial charge in [0.1, 0.15) is 17.8 Å². The molecule has 0 aliphatic heterocycles. The molecule has 0 N–H and O–H groups in total. The molecular weight excluding hydrogens is 174 g/mol. The Morgan fingerprint density at radius 3 is 2.92 bits per heavy atom. The summed E-state index contributed by atoms with van der Waals surface area (Å²) in [5, 5.41) is 18.9. The fourth-order valence-corrected chi connectivity index (χ4v) is 0.776. The van der Waals surface area contributed by atoms with Gasteiger partial charge in [0.25, 0.3) is 0 Å². The number of ether oxygens (including phenoxy) is 1. The van der Waals surface area contributed by atoms with Gasteiger partial charge in [-0.05, 0) is 0 Å². The van der Waals surface area contributed by atoms with Crippen molar-refractivity contribution < 1.29 is 9.66 Å². The Morgan fingerprint density at radius 1 is 1.77 bits per heavy atom. The molecule has 1 aromatic heterocycles. The van der Waals surface area contributed by atoms with Crippen LogP contribution in [-0.4, -0.2) is 17.0 Å². The smallest absolute Gasteiger partial charge is 0.305 e. The largest absolute Gasteiger partial charge is 0.481 e. The van der Waals surface area contributed by atoms with Crippen LogP contribution in [0.5, 0.6) is 5.88 Å². The maximum absolute atomic E-state index is 10.4. The molecular formula is C7H5N3O3. The maximum Gasteiger partial charge on any atom is 0.305 e. The summed E-state index contributed by atoms with van der Waals surface area (Å²) in [6, 6.07) is 2.91. The van der Waals surface area contributed by atoms with Gasteiger partial charge in [-0.25, -0.2) is 4.98 Å². The number of hydrogen-bond acceptors (Lipinski definition) is 5. The van der Waals surface area contributed by atoms with E-state index >= 15 is 0 Å². The third kappa shape index (κ3) is 1.70. The summed E-state index contributed by atoms with van der Waals surface area (Å²) in [6.07, 6.45) is 0.997. The standard InChI is InChI=1S/C7H5N3O3/c1-13-7-2-5(3-8)6(4-9-7)10(11)12/h2,4H,1H3. The van der Waals surface area contributed by atoms with Gasteiger partial charge in [0.05, 0.1) is 12.0 Å². The summed E-state index contributed by atoms with van der Waals surface area (Å²) in [7, 11) is 1.37. The fraction of sp³-hybridized carbons (Fsp3) is 0.143. The van der Waals surface area contributed by atoms with Crippen LogP contribution in [0.15, 0.2) is 12.3 Å². The first-order valence-corrected chi connectivity index (χ1v) is 3.27.